The van der Waals surface area contributed by atoms with Gasteiger partial charge in [-0.05, 0) is 60.3 Å². The first-order chi connectivity index (χ1) is 16.3. The summed E-state index contributed by atoms with van der Waals surface area (Å²) in [5.74, 6) is 1.14. The molecule has 174 valence electrons. The van der Waals surface area contributed by atoms with Crippen molar-refractivity contribution in [3.05, 3.63) is 107 Å². The van der Waals surface area contributed by atoms with Crippen molar-refractivity contribution in [1.29, 1.82) is 0 Å². The molecule has 1 saturated carbocycles. The van der Waals surface area contributed by atoms with E-state index in [0.717, 1.165) is 24.8 Å². The van der Waals surface area contributed by atoms with E-state index in [-0.39, 0.29) is 10.2 Å². The molecule has 1 amide bonds. The number of hydrogen-bond acceptors (Lipinski definition) is 2. The lowest BCUT2D eigenvalue weighted by molar-refractivity contribution is -0.120. The largest absolute Gasteiger partial charge is 0.352 e. The van der Waals surface area contributed by atoms with E-state index in [2.05, 4.69) is 47.8 Å². The quantitative estimate of drug-likeness (QED) is 0.506. The van der Waals surface area contributed by atoms with Gasteiger partial charge in [0.15, 0.2) is 0 Å². The molecular formula is C30H38N2O. The average molecular weight is 443 g/mol. The van der Waals surface area contributed by atoms with Gasteiger partial charge in [0.2, 0.25) is 5.91 Å². The van der Waals surface area contributed by atoms with Crippen molar-refractivity contribution in [1.82, 2.24) is 5.32 Å². The standard InChI is InChI=1S/C30H32N2O.3H2/c33-29(19-22-8-2-1-3-9-22)32-21-23-10-4-12-25(18-23)26-13-5-14-27(20-26)30-28-16-6-11-24(28)15-7-17-31-30;;;/h1-4,6-10,12,16-18,26-27H,5,11,13-15,19-21H2,(H,32,33);3*1H. The number of amides is 1. The summed E-state index contributed by atoms with van der Waals surface area (Å²) in [5.41, 5.74) is 7.86. The monoisotopic (exact) mass is 442 g/mol. The summed E-state index contributed by atoms with van der Waals surface area (Å²) in [6, 6.07) is 18.7. The number of hydrogen-bond donors (Lipinski definition) is 1. The van der Waals surface area contributed by atoms with Crippen molar-refractivity contribution in [2.75, 3.05) is 0 Å². The van der Waals surface area contributed by atoms with E-state index in [1.165, 1.54) is 47.2 Å². The molecule has 1 fully saturated rings. The van der Waals surface area contributed by atoms with Crippen LogP contribution >= 0.6 is 0 Å². The third-order valence-electron chi connectivity index (χ3n) is 7.17. The Morgan fingerprint density at radius 1 is 0.970 bits per heavy atom. The molecular weight excluding hydrogens is 404 g/mol. The van der Waals surface area contributed by atoms with Crippen LogP contribution in [0.15, 0.2) is 95.2 Å². The molecule has 2 atom stereocenters. The van der Waals surface area contributed by atoms with Gasteiger partial charge in [-0.3, -0.25) is 9.79 Å². The SMILES string of the molecule is O=C(Cc1ccccc1)NCc1cccc(C2CCCC(C3=NC=CCC4=C3C=CC4)C2)c1.[HH].[HH].[HH]. The average Bonchev–Trinajstić information content (AvgIpc) is 3.22. The minimum atomic E-state index is 0. The van der Waals surface area contributed by atoms with Crippen molar-refractivity contribution >= 4 is 11.6 Å². The molecule has 1 heterocycles. The molecule has 0 radical (unpaired) electrons. The van der Waals surface area contributed by atoms with Gasteiger partial charge in [-0.1, -0.05) is 84.8 Å². The van der Waals surface area contributed by atoms with Crippen LogP contribution in [0.3, 0.4) is 0 Å². The summed E-state index contributed by atoms with van der Waals surface area (Å²) in [5, 5.41) is 3.09. The number of nitrogens with zero attached hydrogens (tertiary/aromatic N) is 1. The lowest BCUT2D eigenvalue weighted by Gasteiger charge is -2.31. The van der Waals surface area contributed by atoms with Gasteiger partial charge in [0.1, 0.15) is 0 Å². The van der Waals surface area contributed by atoms with Gasteiger partial charge < -0.3 is 5.32 Å². The van der Waals surface area contributed by atoms with Crippen LogP contribution < -0.4 is 5.32 Å². The molecule has 2 aromatic rings. The van der Waals surface area contributed by atoms with Gasteiger partial charge in [0, 0.05) is 22.9 Å². The summed E-state index contributed by atoms with van der Waals surface area (Å²) < 4.78 is 0. The third-order valence-corrected chi connectivity index (χ3v) is 7.17. The number of nitrogens with one attached hydrogen (secondary N) is 1. The lowest BCUT2D eigenvalue weighted by Crippen LogP contribution is -2.25. The predicted molar refractivity (Wildman–Crippen MR) is 141 cm³/mol. The van der Waals surface area contributed by atoms with E-state index in [1.54, 1.807) is 0 Å². The van der Waals surface area contributed by atoms with Crippen LogP contribution in [0.2, 0.25) is 0 Å². The maximum Gasteiger partial charge on any atom is 0.224 e. The highest BCUT2D eigenvalue weighted by Gasteiger charge is 2.29. The Morgan fingerprint density at radius 2 is 1.79 bits per heavy atom. The third kappa shape index (κ3) is 5.24. The smallest absolute Gasteiger partial charge is 0.224 e. The fourth-order valence-electron chi connectivity index (χ4n) is 5.47. The first-order valence-electron chi connectivity index (χ1n) is 12.3. The first-order valence-corrected chi connectivity index (χ1v) is 12.3. The molecule has 0 aromatic heterocycles. The lowest BCUT2D eigenvalue weighted by atomic mass is 9.74. The maximum atomic E-state index is 12.4. The topological polar surface area (TPSA) is 41.5 Å². The highest BCUT2D eigenvalue weighted by atomic mass is 16.1. The predicted octanol–water partition coefficient (Wildman–Crippen LogP) is 7.17. The molecule has 2 aromatic carbocycles. The summed E-state index contributed by atoms with van der Waals surface area (Å²) in [4.78, 5) is 17.3. The van der Waals surface area contributed by atoms with E-state index in [9.17, 15) is 4.79 Å². The van der Waals surface area contributed by atoms with Crippen LogP contribution in [0.25, 0.3) is 0 Å². The highest BCUT2D eigenvalue weighted by Crippen LogP contribution is 2.40. The van der Waals surface area contributed by atoms with Crippen molar-refractivity contribution in [2.24, 2.45) is 10.9 Å². The summed E-state index contributed by atoms with van der Waals surface area (Å²) in [6.45, 7) is 0.578. The van der Waals surface area contributed by atoms with E-state index in [0.29, 0.717) is 24.8 Å². The molecule has 1 aliphatic heterocycles. The second-order valence-corrected chi connectivity index (χ2v) is 9.47. The molecule has 2 aliphatic carbocycles. The van der Waals surface area contributed by atoms with E-state index in [4.69, 9.17) is 4.99 Å². The molecule has 33 heavy (non-hydrogen) atoms. The zero-order valence-electron chi connectivity index (χ0n) is 19.2. The second-order valence-electron chi connectivity index (χ2n) is 9.47. The van der Waals surface area contributed by atoms with Crippen LogP contribution in [0.1, 0.15) is 65.4 Å². The second kappa shape index (κ2) is 10.2. The summed E-state index contributed by atoms with van der Waals surface area (Å²) in [6.07, 6.45) is 16.2. The molecule has 2 unspecified atom stereocenters. The van der Waals surface area contributed by atoms with Crippen molar-refractivity contribution in [3.63, 3.8) is 0 Å². The zero-order chi connectivity index (χ0) is 22.5. The Hall–Kier alpha value is -3.20. The summed E-state index contributed by atoms with van der Waals surface area (Å²) in [7, 11) is 0. The molecule has 0 spiro atoms. The van der Waals surface area contributed by atoms with Crippen LogP contribution in [0.4, 0.5) is 0 Å². The van der Waals surface area contributed by atoms with Gasteiger partial charge in [-0.25, -0.2) is 0 Å². The number of carbonyl (C=O) groups excluding carboxylic acids is 1. The normalized spacial score (nSPS) is 22.0. The van der Waals surface area contributed by atoms with E-state index < -0.39 is 0 Å². The number of benzene rings is 2. The van der Waals surface area contributed by atoms with Crippen LogP contribution in [0, 0.1) is 5.92 Å². The Balaban J connectivity index is 0.00000152. The van der Waals surface area contributed by atoms with Crippen LogP contribution in [-0.2, 0) is 17.8 Å². The van der Waals surface area contributed by atoms with Gasteiger partial charge in [0.05, 0.1) is 12.1 Å². The Kier molecular flexibility index (Phi) is 6.66. The van der Waals surface area contributed by atoms with Crippen LogP contribution in [-0.4, -0.2) is 11.6 Å². The Morgan fingerprint density at radius 3 is 2.70 bits per heavy atom. The van der Waals surface area contributed by atoms with Gasteiger partial charge in [-0.15, -0.1) is 0 Å². The number of allylic oxidation sites excluding steroid dienone is 5. The molecule has 5 rings (SSSR count). The zero-order valence-corrected chi connectivity index (χ0v) is 19.2. The molecule has 0 bridgehead atoms. The fourth-order valence-corrected chi connectivity index (χ4v) is 5.47. The maximum absolute atomic E-state index is 12.4. The van der Waals surface area contributed by atoms with Gasteiger partial charge in [-0.2, -0.15) is 0 Å². The van der Waals surface area contributed by atoms with Crippen molar-refractivity contribution < 1.29 is 9.07 Å². The molecule has 3 aliphatic rings. The number of aliphatic imine (C=N–C) groups is 1. The molecule has 0 saturated heterocycles. The number of rotatable bonds is 6. The molecule has 3 heteroatoms. The number of carbonyl (C=O) groups is 1. The Labute approximate surface area is 201 Å². The first kappa shape index (κ1) is 21.6. The van der Waals surface area contributed by atoms with Crippen molar-refractivity contribution in [3.8, 4) is 0 Å². The van der Waals surface area contributed by atoms with Gasteiger partial charge in [0.25, 0.3) is 0 Å². The van der Waals surface area contributed by atoms with Crippen molar-refractivity contribution in [2.45, 2.75) is 57.4 Å². The minimum Gasteiger partial charge on any atom is -0.352 e. The molecule has 1 N–H and O–H groups in total. The Bertz CT molecular complexity index is 1140. The minimum absolute atomic E-state index is 0. The molecule has 3 nitrogen and oxygen atoms in total. The fraction of sp³-hybridized carbons (Fsp3) is 0.333. The highest BCUT2D eigenvalue weighted by molar-refractivity contribution is 6.06. The van der Waals surface area contributed by atoms with Crippen LogP contribution in [0.5, 0.6) is 0 Å². The van der Waals surface area contributed by atoms with E-state index >= 15 is 0 Å². The summed E-state index contributed by atoms with van der Waals surface area (Å²) >= 11 is 0. The van der Waals surface area contributed by atoms with Gasteiger partial charge >= 0.3 is 0 Å². The van der Waals surface area contributed by atoms with E-state index in [1.807, 2.05) is 36.5 Å².